The number of aromatic amines is 1. The second kappa shape index (κ2) is 7.78. The van der Waals surface area contributed by atoms with Crippen molar-refractivity contribution in [3.8, 4) is 11.4 Å². The Labute approximate surface area is 191 Å². The molecule has 0 radical (unpaired) electrons. The molecule has 5 aromatic rings. The summed E-state index contributed by atoms with van der Waals surface area (Å²) in [6.45, 7) is 3.97. The van der Waals surface area contributed by atoms with E-state index >= 15 is 0 Å². The number of fused-ring (bicyclic) bond motifs is 6. The molecule has 0 aliphatic carbocycles. The molecule has 0 saturated heterocycles. The Hall–Kier alpha value is -3.68. The third-order valence-corrected chi connectivity index (χ3v) is 5.86. The molecule has 5 rings (SSSR count). The molecule has 32 heavy (non-hydrogen) atoms. The van der Waals surface area contributed by atoms with Gasteiger partial charge in [0.05, 0.1) is 27.3 Å². The quantitative estimate of drug-likeness (QED) is 0.118. The van der Waals surface area contributed by atoms with Crippen molar-refractivity contribution >= 4 is 61.5 Å². The first-order valence-electron chi connectivity index (χ1n) is 9.52. The van der Waals surface area contributed by atoms with E-state index in [1.165, 1.54) is 6.07 Å². The first-order valence-corrected chi connectivity index (χ1v) is 10.3. The molecule has 1 heterocycles. The summed E-state index contributed by atoms with van der Waals surface area (Å²) < 4.78 is 14.6. The maximum atomic E-state index is 14.6. The number of hydrogen-bond acceptors (Lipinski definition) is 3. The fourth-order valence-corrected chi connectivity index (χ4v) is 4.30. The summed E-state index contributed by atoms with van der Waals surface area (Å²) in [5, 5.41) is 11.2. The largest absolute Gasteiger partial charge is 0.337 e. The molecule has 0 fully saturated rings. The zero-order valence-electron chi connectivity index (χ0n) is 16.5. The molecule has 0 amide bonds. The Bertz CT molecular complexity index is 1550. The van der Waals surface area contributed by atoms with E-state index in [2.05, 4.69) is 27.4 Å². The minimum absolute atomic E-state index is 0.224. The van der Waals surface area contributed by atoms with Crippen LogP contribution in [-0.4, -0.2) is 9.97 Å². The highest BCUT2D eigenvalue weighted by Gasteiger charge is 2.18. The van der Waals surface area contributed by atoms with Crippen LogP contribution in [0.5, 0.6) is 0 Å². The van der Waals surface area contributed by atoms with E-state index in [0.717, 1.165) is 32.6 Å². The number of halogens is 3. The smallest absolute Gasteiger partial charge is 0.143 e. The van der Waals surface area contributed by atoms with Gasteiger partial charge in [-0.2, -0.15) is 0 Å². The van der Waals surface area contributed by atoms with Crippen molar-refractivity contribution in [3.05, 3.63) is 82.6 Å². The highest BCUT2D eigenvalue weighted by molar-refractivity contribution is 6.34. The van der Waals surface area contributed by atoms with E-state index in [0.29, 0.717) is 22.1 Å². The molecule has 158 valence electrons. The predicted molar refractivity (Wildman–Crippen MR) is 128 cm³/mol. The molecule has 0 atom stereocenters. The van der Waals surface area contributed by atoms with Gasteiger partial charge >= 0.3 is 0 Å². The number of nitrogens with zero attached hydrogens (tertiary/aromatic N) is 3. The number of H-pyrrole nitrogens is 1. The van der Waals surface area contributed by atoms with Gasteiger partial charge in [0.15, 0.2) is 0 Å². The highest BCUT2D eigenvalue weighted by Crippen LogP contribution is 2.38. The number of rotatable bonds is 4. The van der Waals surface area contributed by atoms with Gasteiger partial charge < -0.3 is 10.8 Å². The summed E-state index contributed by atoms with van der Waals surface area (Å²) in [5.74, 6) is 4.96. The minimum atomic E-state index is -0.452. The average molecular weight is 465 g/mol. The van der Waals surface area contributed by atoms with Crippen LogP contribution in [0.1, 0.15) is 5.56 Å². The van der Waals surface area contributed by atoms with Crippen molar-refractivity contribution in [2.24, 2.45) is 16.3 Å². The second-order valence-electron chi connectivity index (χ2n) is 7.16. The summed E-state index contributed by atoms with van der Waals surface area (Å²) in [4.78, 5) is 7.99. The average Bonchev–Trinajstić information content (AvgIpc) is 3.22. The van der Waals surface area contributed by atoms with Crippen molar-refractivity contribution in [2.75, 3.05) is 0 Å². The molecule has 6 nitrogen and oxygen atoms in total. The standard InChI is InChI=1S/C23H15Cl2FN6/c1-11(30-32-31-27)12-5-7-14-16(9-12)17-10-13(24)6-8-15(17)22-21(14)28-23(29-22)20-18(25)3-2-4-19(20)26/h2-10H,1H2,(H2,27,32)(H,28,29)(H,30,31). The zero-order chi connectivity index (χ0) is 22.4. The molecule has 9 heteroatoms. The predicted octanol–water partition coefficient (Wildman–Crippen LogP) is 6.78. The van der Waals surface area contributed by atoms with Gasteiger partial charge in [0.1, 0.15) is 11.6 Å². The maximum Gasteiger partial charge on any atom is 0.143 e. The first-order chi connectivity index (χ1) is 15.5. The van der Waals surface area contributed by atoms with Gasteiger partial charge in [0, 0.05) is 15.8 Å². The molecule has 0 unspecified atom stereocenters. The SMILES string of the molecule is C=C(N/N=N\N)c1ccc2c(c1)c1cc(Cl)ccc1c1[nH]c(-c3c(F)cccc3Cl)nc21. The summed E-state index contributed by atoms with van der Waals surface area (Å²) in [6, 6.07) is 15.9. The van der Waals surface area contributed by atoms with Gasteiger partial charge in [-0.15, -0.1) is 0 Å². The van der Waals surface area contributed by atoms with Crippen molar-refractivity contribution in [1.82, 2.24) is 15.4 Å². The third kappa shape index (κ3) is 3.23. The number of hydrogen-bond donors (Lipinski definition) is 3. The monoisotopic (exact) mass is 464 g/mol. The fourth-order valence-electron chi connectivity index (χ4n) is 3.88. The Morgan fingerprint density at radius 3 is 2.59 bits per heavy atom. The number of aromatic nitrogens is 2. The zero-order valence-corrected chi connectivity index (χ0v) is 18.0. The lowest BCUT2D eigenvalue weighted by Gasteiger charge is -2.10. The van der Waals surface area contributed by atoms with Crippen molar-refractivity contribution in [3.63, 3.8) is 0 Å². The van der Waals surface area contributed by atoms with Gasteiger partial charge in [-0.05, 0) is 46.7 Å². The Kier molecular flexibility index (Phi) is 4.92. The first kappa shape index (κ1) is 20.2. The van der Waals surface area contributed by atoms with Gasteiger partial charge in [-0.3, -0.25) is 5.43 Å². The lowest BCUT2D eigenvalue weighted by molar-refractivity contribution is 0.630. The number of nitrogens with one attached hydrogen (secondary N) is 2. The third-order valence-electron chi connectivity index (χ3n) is 5.31. The van der Waals surface area contributed by atoms with E-state index in [1.807, 2.05) is 30.3 Å². The molecule has 0 aliphatic rings. The Morgan fingerprint density at radius 1 is 1.03 bits per heavy atom. The van der Waals surface area contributed by atoms with Gasteiger partial charge in [-0.25, -0.2) is 9.37 Å². The molecular formula is C23H15Cl2FN6. The fraction of sp³-hybridized carbons (Fsp3) is 0. The van der Waals surface area contributed by atoms with Gasteiger partial charge in [0.2, 0.25) is 0 Å². The lowest BCUT2D eigenvalue weighted by atomic mass is 9.97. The van der Waals surface area contributed by atoms with Crippen LogP contribution < -0.4 is 11.3 Å². The van der Waals surface area contributed by atoms with Crippen LogP contribution in [0.4, 0.5) is 4.39 Å². The molecule has 4 aromatic carbocycles. The van der Waals surface area contributed by atoms with Crippen LogP contribution in [0.25, 0.3) is 49.7 Å². The van der Waals surface area contributed by atoms with E-state index < -0.39 is 5.82 Å². The maximum absolute atomic E-state index is 14.6. The number of benzene rings is 4. The van der Waals surface area contributed by atoms with Crippen LogP contribution in [-0.2, 0) is 0 Å². The minimum Gasteiger partial charge on any atom is -0.337 e. The van der Waals surface area contributed by atoms with Crippen LogP contribution in [0.2, 0.25) is 10.0 Å². The summed E-state index contributed by atoms with van der Waals surface area (Å²) in [7, 11) is 0. The Balaban J connectivity index is 1.85. The Morgan fingerprint density at radius 2 is 1.81 bits per heavy atom. The van der Waals surface area contributed by atoms with Crippen molar-refractivity contribution in [2.45, 2.75) is 0 Å². The van der Waals surface area contributed by atoms with Gasteiger partial charge in [0.25, 0.3) is 0 Å². The summed E-state index contributed by atoms with van der Waals surface area (Å²) in [5.41, 5.74) is 5.68. The lowest BCUT2D eigenvalue weighted by Crippen LogP contribution is -2.02. The van der Waals surface area contributed by atoms with Crippen molar-refractivity contribution in [1.29, 1.82) is 0 Å². The molecule has 0 saturated carbocycles. The highest BCUT2D eigenvalue weighted by atomic mass is 35.5. The molecule has 0 bridgehead atoms. The summed E-state index contributed by atoms with van der Waals surface area (Å²) >= 11 is 12.6. The molecule has 0 aliphatic heterocycles. The van der Waals surface area contributed by atoms with Gasteiger partial charge in [-0.1, -0.05) is 64.5 Å². The molecule has 4 N–H and O–H groups in total. The van der Waals surface area contributed by atoms with Crippen LogP contribution >= 0.6 is 23.2 Å². The topological polar surface area (TPSA) is 91.5 Å². The number of nitrogens with two attached hydrogens (primary N) is 1. The van der Waals surface area contributed by atoms with Crippen LogP contribution in [0, 0.1) is 5.82 Å². The normalized spacial score (nSPS) is 11.7. The van der Waals surface area contributed by atoms with E-state index in [4.69, 9.17) is 34.0 Å². The second-order valence-corrected chi connectivity index (χ2v) is 8.01. The van der Waals surface area contributed by atoms with E-state index in [-0.39, 0.29) is 10.6 Å². The summed E-state index contributed by atoms with van der Waals surface area (Å²) in [6.07, 6.45) is 0. The number of imidazole rings is 1. The van der Waals surface area contributed by atoms with Crippen LogP contribution in [0.15, 0.2) is 71.6 Å². The molecular weight excluding hydrogens is 450 g/mol. The van der Waals surface area contributed by atoms with Crippen LogP contribution in [0.3, 0.4) is 0 Å². The van der Waals surface area contributed by atoms with E-state index in [9.17, 15) is 4.39 Å². The van der Waals surface area contributed by atoms with E-state index in [1.54, 1.807) is 18.2 Å². The van der Waals surface area contributed by atoms with Crippen molar-refractivity contribution < 1.29 is 4.39 Å². The molecule has 1 aromatic heterocycles. The molecule has 0 spiro atoms.